The molecule has 1 aliphatic rings. The third-order valence-electron chi connectivity index (χ3n) is 3.64. The Morgan fingerprint density at radius 1 is 1.30 bits per heavy atom. The molecule has 2 aromatic rings. The second kappa shape index (κ2) is 5.49. The normalized spacial score (nSPS) is 16.4. The summed E-state index contributed by atoms with van der Waals surface area (Å²) in [7, 11) is 0. The standard InChI is InChI=1S/C16H18N2O2/c1-12(16(19)18-8-4-5-9-18)20-14-10-13-6-2-3-7-15(13)17-11-14/h2-3,6-7,10-12H,4-5,8-9H2,1H3. The van der Waals surface area contributed by atoms with Crippen molar-refractivity contribution in [1.82, 2.24) is 9.88 Å². The maximum Gasteiger partial charge on any atom is 0.263 e. The third-order valence-corrected chi connectivity index (χ3v) is 3.64. The number of ether oxygens (including phenoxy) is 1. The fraction of sp³-hybridized carbons (Fsp3) is 0.375. The van der Waals surface area contributed by atoms with E-state index in [0.29, 0.717) is 5.75 Å². The van der Waals surface area contributed by atoms with E-state index in [1.807, 2.05) is 35.2 Å². The Kier molecular flexibility index (Phi) is 3.54. The molecule has 4 heteroatoms. The zero-order valence-electron chi connectivity index (χ0n) is 11.6. The number of benzene rings is 1. The lowest BCUT2D eigenvalue weighted by molar-refractivity contribution is -0.136. The topological polar surface area (TPSA) is 42.4 Å². The Bertz CT molecular complexity index is 621. The highest BCUT2D eigenvalue weighted by Gasteiger charge is 2.24. The van der Waals surface area contributed by atoms with E-state index >= 15 is 0 Å². The van der Waals surface area contributed by atoms with Crippen molar-refractivity contribution >= 4 is 16.8 Å². The smallest absolute Gasteiger partial charge is 0.263 e. The number of likely N-dealkylation sites (tertiary alicyclic amines) is 1. The van der Waals surface area contributed by atoms with Crippen LogP contribution >= 0.6 is 0 Å². The number of amides is 1. The van der Waals surface area contributed by atoms with E-state index < -0.39 is 6.10 Å². The summed E-state index contributed by atoms with van der Waals surface area (Å²) in [5.74, 6) is 0.708. The monoisotopic (exact) mass is 270 g/mol. The Labute approximate surface area is 118 Å². The molecule has 4 nitrogen and oxygen atoms in total. The molecular weight excluding hydrogens is 252 g/mol. The number of hydrogen-bond acceptors (Lipinski definition) is 3. The second-order valence-electron chi connectivity index (χ2n) is 5.16. The number of hydrogen-bond donors (Lipinski definition) is 0. The van der Waals surface area contributed by atoms with E-state index in [1.165, 1.54) is 0 Å². The van der Waals surface area contributed by atoms with Crippen LogP contribution in [0.5, 0.6) is 5.75 Å². The molecule has 1 saturated heterocycles. The average Bonchev–Trinajstić information content (AvgIpc) is 3.00. The number of fused-ring (bicyclic) bond motifs is 1. The van der Waals surface area contributed by atoms with E-state index in [0.717, 1.165) is 36.8 Å². The van der Waals surface area contributed by atoms with Gasteiger partial charge in [-0.2, -0.15) is 0 Å². The van der Waals surface area contributed by atoms with Crippen LogP contribution in [0.1, 0.15) is 19.8 Å². The van der Waals surface area contributed by atoms with Crippen molar-refractivity contribution in [3.05, 3.63) is 36.5 Å². The summed E-state index contributed by atoms with van der Waals surface area (Å²) in [6, 6.07) is 9.79. The van der Waals surface area contributed by atoms with Gasteiger partial charge in [0.1, 0.15) is 5.75 Å². The number of carbonyl (C=O) groups excluding carboxylic acids is 1. The van der Waals surface area contributed by atoms with Gasteiger partial charge in [0, 0.05) is 18.5 Å². The first-order chi connectivity index (χ1) is 9.74. The van der Waals surface area contributed by atoms with Gasteiger partial charge in [0.2, 0.25) is 0 Å². The molecule has 2 heterocycles. The molecule has 3 rings (SSSR count). The number of aromatic nitrogens is 1. The van der Waals surface area contributed by atoms with Crippen molar-refractivity contribution < 1.29 is 9.53 Å². The van der Waals surface area contributed by atoms with Crippen molar-refractivity contribution in [2.75, 3.05) is 13.1 Å². The molecule has 1 fully saturated rings. The number of para-hydroxylation sites is 1. The number of carbonyl (C=O) groups is 1. The zero-order valence-corrected chi connectivity index (χ0v) is 11.6. The Balaban J connectivity index is 1.73. The summed E-state index contributed by atoms with van der Waals surface area (Å²) in [5.41, 5.74) is 0.929. The first kappa shape index (κ1) is 12.9. The summed E-state index contributed by atoms with van der Waals surface area (Å²) in [6.45, 7) is 3.50. The minimum atomic E-state index is -0.462. The van der Waals surface area contributed by atoms with Gasteiger partial charge in [0.25, 0.3) is 5.91 Å². The Hall–Kier alpha value is -2.10. The molecule has 0 aliphatic carbocycles. The second-order valence-corrected chi connectivity index (χ2v) is 5.16. The van der Waals surface area contributed by atoms with Gasteiger partial charge >= 0.3 is 0 Å². The number of pyridine rings is 1. The lowest BCUT2D eigenvalue weighted by Crippen LogP contribution is -2.38. The lowest BCUT2D eigenvalue weighted by atomic mass is 10.2. The average molecular weight is 270 g/mol. The van der Waals surface area contributed by atoms with Crippen LogP contribution in [0.2, 0.25) is 0 Å². The van der Waals surface area contributed by atoms with Crippen molar-refractivity contribution in [1.29, 1.82) is 0 Å². The molecule has 1 atom stereocenters. The highest BCUT2D eigenvalue weighted by molar-refractivity contribution is 5.82. The van der Waals surface area contributed by atoms with Crippen LogP contribution in [0.25, 0.3) is 10.9 Å². The van der Waals surface area contributed by atoms with Crippen LogP contribution in [0.15, 0.2) is 36.5 Å². The molecule has 1 aliphatic heterocycles. The fourth-order valence-electron chi connectivity index (χ4n) is 2.56. The quantitative estimate of drug-likeness (QED) is 0.861. The molecule has 0 N–H and O–H groups in total. The minimum absolute atomic E-state index is 0.0654. The molecule has 0 spiro atoms. The highest BCUT2D eigenvalue weighted by atomic mass is 16.5. The van der Waals surface area contributed by atoms with Crippen molar-refractivity contribution in [3.8, 4) is 5.75 Å². The van der Waals surface area contributed by atoms with Crippen molar-refractivity contribution in [2.24, 2.45) is 0 Å². The summed E-state index contributed by atoms with van der Waals surface area (Å²) in [5, 5.41) is 1.02. The Morgan fingerprint density at radius 3 is 2.85 bits per heavy atom. The molecule has 1 aromatic heterocycles. The molecule has 104 valence electrons. The fourth-order valence-corrected chi connectivity index (χ4v) is 2.56. The minimum Gasteiger partial charge on any atom is -0.479 e. The maximum absolute atomic E-state index is 12.2. The predicted molar refractivity (Wildman–Crippen MR) is 77.6 cm³/mol. The molecule has 0 radical (unpaired) electrons. The van der Waals surface area contributed by atoms with Crippen LogP contribution in [0.4, 0.5) is 0 Å². The summed E-state index contributed by atoms with van der Waals surface area (Å²) in [4.78, 5) is 18.4. The van der Waals surface area contributed by atoms with Crippen LogP contribution in [-0.2, 0) is 4.79 Å². The van der Waals surface area contributed by atoms with Gasteiger partial charge in [-0.3, -0.25) is 9.78 Å². The highest BCUT2D eigenvalue weighted by Crippen LogP contribution is 2.20. The van der Waals surface area contributed by atoms with E-state index in [9.17, 15) is 4.79 Å². The molecule has 1 amide bonds. The van der Waals surface area contributed by atoms with Crippen LogP contribution in [0.3, 0.4) is 0 Å². The Morgan fingerprint density at radius 2 is 2.05 bits per heavy atom. The van der Waals surface area contributed by atoms with Gasteiger partial charge in [-0.05, 0) is 31.9 Å². The lowest BCUT2D eigenvalue weighted by Gasteiger charge is -2.21. The summed E-state index contributed by atoms with van der Waals surface area (Å²) < 4.78 is 5.74. The van der Waals surface area contributed by atoms with E-state index in [-0.39, 0.29) is 5.91 Å². The van der Waals surface area contributed by atoms with Gasteiger partial charge in [-0.1, -0.05) is 18.2 Å². The molecule has 1 unspecified atom stereocenters. The van der Waals surface area contributed by atoms with Crippen molar-refractivity contribution in [2.45, 2.75) is 25.9 Å². The van der Waals surface area contributed by atoms with E-state index in [4.69, 9.17) is 4.74 Å². The van der Waals surface area contributed by atoms with Gasteiger partial charge in [0.05, 0.1) is 11.7 Å². The van der Waals surface area contributed by atoms with Gasteiger partial charge < -0.3 is 9.64 Å². The summed E-state index contributed by atoms with van der Waals surface area (Å²) in [6.07, 6.45) is 3.40. The zero-order chi connectivity index (χ0) is 13.9. The van der Waals surface area contributed by atoms with Crippen molar-refractivity contribution in [3.63, 3.8) is 0 Å². The summed E-state index contributed by atoms with van der Waals surface area (Å²) >= 11 is 0. The third kappa shape index (κ3) is 2.59. The molecule has 0 bridgehead atoms. The van der Waals surface area contributed by atoms with E-state index in [1.54, 1.807) is 13.1 Å². The first-order valence-electron chi connectivity index (χ1n) is 7.04. The largest absolute Gasteiger partial charge is 0.479 e. The van der Waals surface area contributed by atoms with Crippen LogP contribution in [-0.4, -0.2) is 35.0 Å². The van der Waals surface area contributed by atoms with Crippen LogP contribution < -0.4 is 4.74 Å². The molecule has 0 saturated carbocycles. The van der Waals surface area contributed by atoms with Gasteiger partial charge in [-0.25, -0.2) is 0 Å². The van der Waals surface area contributed by atoms with Gasteiger partial charge in [-0.15, -0.1) is 0 Å². The molecule has 1 aromatic carbocycles. The molecule has 20 heavy (non-hydrogen) atoms. The SMILES string of the molecule is CC(Oc1cnc2ccccc2c1)C(=O)N1CCCC1. The maximum atomic E-state index is 12.2. The predicted octanol–water partition coefficient (Wildman–Crippen LogP) is 2.62. The van der Waals surface area contributed by atoms with E-state index in [2.05, 4.69) is 4.98 Å². The molecular formula is C16H18N2O2. The first-order valence-corrected chi connectivity index (χ1v) is 7.04. The number of nitrogens with zero attached hydrogens (tertiary/aromatic N) is 2. The van der Waals surface area contributed by atoms with Crippen LogP contribution in [0, 0.1) is 0 Å². The van der Waals surface area contributed by atoms with Gasteiger partial charge in [0.15, 0.2) is 6.10 Å². The number of rotatable bonds is 3.